The molecule has 2 rings (SSSR count). The van der Waals surface area contributed by atoms with E-state index in [0.717, 1.165) is 3.57 Å². The summed E-state index contributed by atoms with van der Waals surface area (Å²) in [5, 5.41) is 6.12. The summed E-state index contributed by atoms with van der Waals surface area (Å²) >= 11 is 8.02. The summed E-state index contributed by atoms with van der Waals surface area (Å²) in [6.45, 7) is 2.44. The second kappa shape index (κ2) is 7.60. The summed E-state index contributed by atoms with van der Waals surface area (Å²) in [4.78, 5) is 23.8. The number of carbonyl (C=O) groups excluding carboxylic acids is 2. The van der Waals surface area contributed by atoms with E-state index in [1.54, 1.807) is 42.5 Å². The van der Waals surface area contributed by atoms with E-state index in [9.17, 15) is 9.59 Å². The first-order chi connectivity index (χ1) is 10.5. The normalized spacial score (nSPS) is 10.1. The molecule has 0 aromatic heterocycles. The fraction of sp³-hybridized carbons (Fsp3) is 0.125. The fourth-order valence-corrected chi connectivity index (χ4v) is 2.44. The van der Waals surface area contributed by atoms with Crippen LogP contribution in [-0.4, -0.2) is 18.4 Å². The first kappa shape index (κ1) is 16.8. The van der Waals surface area contributed by atoms with E-state index in [0.29, 0.717) is 28.4 Å². The molecular formula is C16H14ClIN2O2. The lowest BCUT2D eigenvalue weighted by atomic mass is 10.1. The first-order valence-corrected chi connectivity index (χ1v) is 8.11. The Labute approximate surface area is 147 Å². The Balaban J connectivity index is 2.08. The number of nitrogens with one attached hydrogen (secondary N) is 2. The molecule has 0 unspecified atom stereocenters. The van der Waals surface area contributed by atoms with Gasteiger partial charge in [-0.05, 0) is 72.0 Å². The minimum Gasteiger partial charge on any atom is -0.352 e. The number of anilines is 1. The van der Waals surface area contributed by atoms with Crippen LogP contribution in [0.1, 0.15) is 27.6 Å². The van der Waals surface area contributed by atoms with Crippen molar-refractivity contribution in [1.82, 2.24) is 5.32 Å². The summed E-state index contributed by atoms with van der Waals surface area (Å²) in [6, 6.07) is 11.8. The zero-order valence-electron chi connectivity index (χ0n) is 11.8. The van der Waals surface area contributed by atoms with E-state index >= 15 is 0 Å². The second-order valence-corrected chi connectivity index (χ2v) is 6.09. The van der Waals surface area contributed by atoms with Crippen LogP contribution in [0.15, 0.2) is 42.5 Å². The number of rotatable bonds is 4. The molecule has 0 heterocycles. The minimum absolute atomic E-state index is 0.132. The van der Waals surface area contributed by atoms with E-state index in [-0.39, 0.29) is 11.8 Å². The molecule has 114 valence electrons. The topological polar surface area (TPSA) is 58.2 Å². The molecule has 0 aliphatic carbocycles. The van der Waals surface area contributed by atoms with Crippen LogP contribution in [0.2, 0.25) is 5.02 Å². The molecule has 0 fully saturated rings. The summed E-state index contributed by atoms with van der Waals surface area (Å²) in [7, 11) is 0. The van der Waals surface area contributed by atoms with Crippen molar-refractivity contribution in [3.63, 3.8) is 0 Å². The van der Waals surface area contributed by atoms with Crippen molar-refractivity contribution in [3.05, 3.63) is 62.2 Å². The molecule has 0 radical (unpaired) electrons. The molecule has 6 heteroatoms. The number of halogens is 2. The Hall–Kier alpha value is -1.60. The Kier molecular flexibility index (Phi) is 5.79. The largest absolute Gasteiger partial charge is 0.352 e. The number of amides is 2. The van der Waals surface area contributed by atoms with Gasteiger partial charge in [-0.3, -0.25) is 9.59 Å². The summed E-state index contributed by atoms with van der Waals surface area (Å²) in [5.41, 5.74) is 1.71. The van der Waals surface area contributed by atoms with E-state index in [1.165, 1.54) is 0 Å². The highest BCUT2D eigenvalue weighted by atomic mass is 127. The zero-order valence-corrected chi connectivity index (χ0v) is 14.7. The molecule has 4 nitrogen and oxygen atoms in total. The second-order valence-electron chi connectivity index (χ2n) is 4.52. The Morgan fingerprint density at radius 3 is 2.27 bits per heavy atom. The van der Waals surface area contributed by atoms with Gasteiger partial charge < -0.3 is 10.6 Å². The fourth-order valence-electron chi connectivity index (χ4n) is 1.81. The van der Waals surface area contributed by atoms with Gasteiger partial charge in [0.15, 0.2) is 0 Å². The highest BCUT2D eigenvalue weighted by Gasteiger charge is 2.09. The van der Waals surface area contributed by atoms with Crippen LogP contribution >= 0.6 is 34.2 Å². The smallest absolute Gasteiger partial charge is 0.255 e. The van der Waals surface area contributed by atoms with Gasteiger partial charge in [0, 0.05) is 26.9 Å². The van der Waals surface area contributed by atoms with E-state index in [2.05, 4.69) is 33.2 Å². The zero-order chi connectivity index (χ0) is 16.1. The van der Waals surface area contributed by atoms with Gasteiger partial charge in [-0.2, -0.15) is 0 Å². The van der Waals surface area contributed by atoms with Gasteiger partial charge in [-0.1, -0.05) is 11.6 Å². The van der Waals surface area contributed by atoms with E-state index < -0.39 is 0 Å². The van der Waals surface area contributed by atoms with Crippen LogP contribution in [0.4, 0.5) is 5.69 Å². The van der Waals surface area contributed by atoms with Crippen molar-refractivity contribution in [3.8, 4) is 0 Å². The lowest BCUT2D eigenvalue weighted by molar-refractivity contribution is 0.0955. The van der Waals surface area contributed by atoms with Crippen molar-refractivity contribution in [1.29, 1.82) is 0 Å². The maximum atomic E-state index is 12.2. The molecule has 0 saturated heterocycles. The van der Waals surface area contributed by atoms with Crippen molar-refractivity contribution in [2.24, 2.45) is 0 Å². The standard InChI is InChI=1S/C16H14ClIN2O2/c1-2-19-15(21)10-3-6-12(7-4-10)20-16(22)11-5-8-13(17)14(18)9-11/h3-9H,2H2,1H3,(H,19,21)(H,20,22). The monoisotopic (exact) mass is 428 g/mol. The van der Waals surface area contributed by atoms with Gasteiger partial charge in [0.25, 0.3) is 11.8 Å². The molecule has 0 aliphatic rings. The number of benzene rings is 2. The third-order valence-electron chi connectivity index (χ3n) is 2.92. The van der Waals surface area contributed by atoms with Crippen LogP contribution in [-0.2, 0) is 0 Å². The van der Waals surface area contributed by atoms with E-state index in [4.69, 9.17) is 11.6 Å². The van der Waals surface area contributed by atoms with E-state index in [1.807, 2.05) is 6.92 Å². The summed E-state index contributed by atoms with van der Waals surface area (Å²) < 4.78 is 0.818. The number of carbonyl (C=O) groups is 2. The molecule has 0 spiro atoms. The first-order valence-electron chi connectivity index (χ1n) is 6.66. The summed E-state index contributed by atoms with van der Waals surface area (Å²) in [6.07, 6.45) is 0. The molecule has 2 N–H and O–H groups in total. The molecule has 0 bridgehead atoms. The van der Waals surface area contributed by atoms with Gasteiger partial charge in [0.1, 0.15) is 0 Å². The number of hydrogen-bond acceptors (Lipinski definition) is 2. The predicted molar refractivity (Wildman–Crippen MR) is 96.6 cm³/mol. The molecular weight excluding hydrogens is 415 g/mol. The SMILES string of the molecule is CCNC(=O)c1ccc(NC(=O)c2ccc(Cl)c(I)c2)cc1. The average molecular weight is 429 g/mol. The maximum Gasteiger partial charge on any atom is 0.255 e. The van der Waals surface area contributed by atoms with Crippen molar-refractivity contribution in [2.75, 3.05) is 11.9 Å². The molecule has 22 heavy (non-hydrogen) atoms. The Bertz CT molecular complexity index is 702. The van der Waals surface area contributed by atoms with Crippen LogP contribution in [0, 0.1) is 3.57 Å². The predicted octanol–water partition coefficient (Wildman–Crippen LogP) is 3.95. The third-order valence-corrected chi connectivity index (χ3v) is 4.47. The van der Waals surface area contributed by atoms with Gasteiger partial charge in [-0.25, -0.2) is 0 Å². The van der Waals surface area contributed by atoms with Gasteiger partial charge >= 0.3 is 0 Å². The molecule has 0 atom stereocenters. The van der Waals surface area contributed by atoms with Crippen LogP contribution in [0.3, 0.4) is 0 Å². The van der Waals surface area contributed by atoms with Crippen molar-refractivity contribution >= 4 is 51.7 Å². The third kappa shape index (κ3) is 4.20. The van der Waals surface area contributed by atoms with Gasteiger partial charge in [-0.15, -0.1) is 0 Å². The molecule has 2 amide bonds. The molecule has 2 aromatic rings. The van der Waals surface area contributed by atoms with Crippen molar-refractivity contribution in [2.45, 2.75) is 6.92 Å². The lowest BCUT2D eigenvalue weighted by Crippen LogP contribution is -2.22. The lowest BCUT2D eigenvalue weighted by Gasteiger charge is -2.07. The Morgan fingerprint density at radius 1 is 1.05 bits per heavy atom. The molecule has 0 saturated carbocycles. The van der Waals surface area contributed by atoms with Crippen LogP contribution < -0.4 is 10.6 Å². The van der Waals surface area contributed by atoms with Gasteiger partial charge in [0.2, 0.25) is 0 Å². The highest BCUT2D eigenvalue weighted by Crippen LogP contribution is 2.20. The maximum absolute atomic E-state index is 12.2. The number of hydrogen-bond donors (Lipinski definition) is 2. The molecule has 0 aliphatic heterocycles. The average Bonchev–Trinajstić information content (AvgIpc) is 2.51. The minimum atomic E-state index is -0.222. The quantitative estimate of drug-likeness (QED) is 0.725. The van der Waals surface area contributed by atoms with Crippen LogP contribution in [0.5, 0.6) is 0 Å². The van der Waals surface area contributed by atoms with Crippen molar-refractivity contribution < 1.29 is 9.59 Å². The summed E-state index contributed by atoms with van der Waals surface area (Å²) in [5.74, 6) is -0.354. The Morgan fingerprint density at radius 2 is 1.68 bits per heavy atom. The van der Waals surface area contributed by atoms with Crippen LogP contribution in [0.25, 0.3) is 0 Å². The van der Waals surface area contributed by atoms with Gasteiger partial charge in [0.05, 0.1) is 5.02 Å². The highest BCUT2D eigenvalue weighted by molar-refractivity contribution is 14.1. The molecule has 2 aromatic carbocycles.